The van der Waals surface area contributed by atoms with Crippen LogP contribution in [0.25, 0.3) is 0 Å². The molecule has 0 bridgehead atoms. The van der Waals surface area contributed by atoms with Gasteiger partial charge < -0.3 is 14.4 Å². The Labute approximate surface area is 146 Å². The lowest BCUT2D eigenvalue weighted by molar-refractivity contribution is 0.143. The standard InChI is InChI=1S/C17H18Cl2N2O2/c1-12-15(8-9-17(2,3)22)20-16(19)21(12)10-11-23-14-6-4-13(18)5-7-14/h4-7,22H,10-11H2,1-3H3. The molecule has 4 nitrogen and oxygen atoms in total. The molecule has 1 aromatic heterocycles. The maximum absolute atomic E-state index is 9.66. The minimum atomic E-state index is -1.07. The van der Waals surface area contributed by atoms with E-state index in [1.165, 1.54) is 0 Å². The first-order chi connectivity index (χ1) is 10.8. The predicted octanol–water partition coefficient (Wildman–Crippen LogP) is 3.70. The zero-order valence-corrected chi connectivity index (χ0v) is 14.7. The van der Waals surface area contributed by atoms with Crippen molar-refractivity contribution in [3.63, 3.8) is 0 Å². The molecular formula is C17H18Cl2N2O2. The minimum absolute atomic E-state index is 0.349. The van der Waals surface area contributed by atoms with Gasteiger partial charge >= 0.3 is 0 Å². The normalized spacial score (nSPS) is 11.0. The summed E-state index contributed by atoms with van der Waals surface area (Å²) >= 11 is 12.0. The fraction of sp³-hybridized carbons (Fsp3) is 0.353. The number of rotatable bonds is 4. The number of aliphatic hydroxyl groups is 1. The summed E-state index contributed by atoms with van der Waals surface area (Å²) in [5.41, 5.74) is 0.329. The van der Waals surface area contributed by atoms with E-state index in [0.29, 0.717) is 29.2 Å². The van der Waals surface area contributed by atoms with Crippen molar-refractivity contribution in [1.29, 1.82) is 0 Å². The molecule has 0 saturated carbocycles. The highest BCUT2D eigenvalue weighted by Crippen LogP contribution is 2.17. The molecule has 6 heteroatoms. The van der Waals surface area contributed by atoms with Crippen LogP contribution >= 0.6 is 23.2 Å². The Balaban J connectivity index is 2.04. The van der Waals surface area contributed by atoms with E-state index in [4.69, 9.17) is 27.9 Å². The van der Waals surface area contributed by atoms with Crippen LogP contribution in [-0.2, 0) is 6.54 Å². The minimum Gasteiger partial charge on any atom is -0.492 e. The first-order valence-electron chi connectivity index (χ1n) is 7.13. The van der Waals surface area contributed by atoms with Crippen molar-refractivity contribution < 1.29 is 9.84 Å². The molecule has 0 fully saturated rings. The second-order valence-corrected chi connectivity index (χ2v) is 6.35. The molecule has 1 heterocycles. The maximum atomic E-state index is 9.66. The molecule has 0 atom stereocenters. The van der Waals surface area contributed by atoms with Gasteiger partial charge in [-0.1, -0.05) is 17.5 Å². The van der Waals surface area contributed by atoms with Gasteiger partial charge in [-0.15, -0.1) is 0 Å². The molecule has 2 aromatic rings. The molecule has 2 rings (SSSR count). The summed E-state index contributed by atoms with van der Waals surface area (Å²) in [7, 11) is 0. The van der Waals surface area contributed by atoms with Gasteiger partial charge in [-0.25, -0.2) is 4.98 Å². The highest BCUT2D eigenvalue weighted by molar-refractivity contribution is 6.30. The maximum Gasteiger partial charge on any atom is 0.204 e. The number of aromatic nitrogens is 2. The molecule has 0 aliphatic rings. The largest absolute Gasteiger partial charge is 0.492 e. The number of hydrogen-bond donors (Lipinski definition) is 1. The van der Waals surface area contributed by atoms with E-state index in [1.54, 1.807) is 26.0 Å². The van der Waals surface area contributed by atoms with Gasteiger partial charge in [0.25, 0.3) is 0 Å². The molecule has 23 heavy (non-hydrogen) atoms. The van der Waals surface area contributed by atoms with Crippen molar-refractivity contribution in [2.75, 3.05) is 6.61 Å². The molecule has 0 spiro atoms. The lowest BCUT2D eigenvalue weighted by Gasteiger charge is -2.09. The summed E-state index contributed by atoms with van der Waals surface area (Å²) in [5, 5.41) is 10.7. The first kappa shape index (κ1) is 17.7. The van der Waals surface area contributed by atoms with E-state index in [2.05, 4.69) is 16.8 Å². The van der Waals surface area contributed by atoms with Gasteiger partial charge in [-0.2, -0.15) is 0 Å². The lowest BCUT2D eigenvalue weighted by Crippen LogP contribution is -2.14. The van der Waals surface area contributed by atoms with E-state index in [0.717, 1.165) is 11.4 Å². The van der Waals surface area contributed by atoms with Crippen LogP contribution in [0.3, 0.4) is 0 Å². The smallest absolute Gasteiger partial charge is 0.204 e. The van der Waals surface area contributed by atoms with Crippen LogP contribution in [0.1, 0.15) is 25.2 Å². The van der Waals surface area contributed by atoms with Gasteiger partial charge in [0.2, 0.25) is 5.28 Å². The molecule has 0 unspecified atom stereocenters. The van der Waals surface area contributed by atoms with Crippen LogP contribution < -0.4 is 4.74 Å². The molecule has 122 valence electrons. The van der Waals surface area contributed by atoms with Crippen molar-refractivity contribution in [3.05, 3.63) is 46.0 Å². The Morgan fingerprint density at radius 1 is 1.26 bits per heavy atom. The Bertz CT molecular complexity index is 735. The van der Waals surface area contributed by atoms with Gasteiger partial charge in [0, 0.05) is 5.02 Å². The molecule has 0 saturated heterocycles. The van der Waals surface area contributed by atoms with Crippen LogP contribution in [-0.4, -0.2) is 26.9 Å². The van der Waals surface area contributed by atoms with E-state index in [-0.39, 0.29) is 0 Å². The highest BCUT2D eigenvalue weighted by atomic mass is 35.5. The molecule has 1 aromatic carbocycles. The average molecular weight is 353 g/mol. The highest BCUT2D eigenvalue weighted by Gasteiger charge is 2.12. The van der Waals surface area contributed by atoms with Crippen LogP contribution in [0.4, 0.5) is 0 Å². The second kappa shape index (κ2) is 7.27. The summed E-state index contributed by atoms with van der Waals surface area (Å²) in [6, 6.07) is 7.17. The second-order valence-electron chi connectivity index (χ2n) is 5.58. The summed E-state index contributed by atoms with van der Waals surface area (Å²) in [6.45, 7) is 6.11. The molecule has 0 amide bonds. The van der Waals surface area contributed by atoms with E-state index in [9.17, 15) is 5.11 Å². The molecule has 1 N–H and O–H groups in total. The van der Waals surface area contributed by atoms with Crippen LogP contribution in [0.5, 0.6) is 5.75 Å². The number of halogens is 2. The van der Waals surface area contributed by atoms with E-state index >= 15 is 0 Å². The van der Waals surface area contributed by atoms with Crippen LogP contribution in [0.2, 0.25) is 10.3 Å². The summed E-state index contributed by atoms with van der Waals surface area (Å²) in [6.07, 6.45) is 0. The fourth-order valence-electron chi connectivity index (χ4n) is 1.88. The summed E-state index contributed by atoms with van der Waals surface area (Å²) in [4.78, 5) is 4.22. The zero-order valence-electron chi connectivity index (χ0n) is 13.2. The molecule has 0 aliphatic carbocycles. The van der Waals surface area contributed by atoms with Crippen LogP contribution in [0.15, 0.2) is 24.3 Å². The fourth-order valence-corrected chi connectivity index (χ4v) is 2.30. The zero-order chi connectivity index (χ0) is 17.0. The van der Waals surface area contributed by atoms with Crippen LogP contribution in [0, 0.1) is 18.8 Å². The SMILES string of the molecule is Cc1c(C#CC(C)(C)O)nc(Cl)n1CCOc1ccc(Cl)cc1. The number of hydrogen-bond acceptors (Lipinski definition) is 3. The van der Waals surface area contributed by atoms with Gasteiger partial charge in [0.05, 0.1) is 12.2 Å². The monoisotopic (exact) mass is 352 g/mol. The number of benzene rings is 1. The summed E-state index contributed by atoms with van der Waals surface area (Å²) in [5.74, 6) is 6.33. The van der Waals surface area contributed by atoms with Gasteiger partial charge in [-0.05, 0) is 62.6 Å². The molecular weight excluding hydrogens is 335 g/mol. The Morgan fingerprint density at radius 2 is 1.91 bits per heavy atom. The third kappa shape index (κ3) is 5.18. The van der Waals surface area contributed by atoms with Crippen molar-refractivity contribution in [2.24, 2.45) is 0 Å². The lowest BCUT2D eigenvalue weighted by atomic mass is 10.1. The van der Waals surface area contributed by atoms with Gasteiger partial charge in [0.1, 0.15) is 23.7 Å². The van der Waals surface area contributed by atoms with Gasteiger partial charge in [-0.3, -0.25) is 0 Å². The number of nitrogens with zero attached hydrogens (tertiary/aromatic N) is 2. The molecule has 0 radical (unpaired) electrons. The third-order valence-corrected chi connectivity index (χ3v) is 3.60. The van der Waals surface area contributed by atoms with Gasteiger partial charge in [0.15, 0.2) is 0 Å². The third-order valence-electron chi connectivity index (χ3n) is 3.06. The predicted molar refractivity (Wildman–Crippen MR) is 92.1 cm³/mol. The average Bonchev–Trinajstić information content (AvgIpc) is 2.74. The van der Waals surface area contributed by atoms with Crippen molar-refractivity contribution >= 4 is 23.2 Å². The van der Waals surface area contributed by atoms with Crippen molar-refractivity contribution in [3.8, 4) is 17.6 Å². The number of imidazole rings is 1. The topological polar surface area (TPSA) is 47.3 Å². The van der Waals surface area contributed by atoms with E-state index < -0.39 is 5.60 Å². The van der Waals surface area contributed by atoms with Crippen molar-refractivity contribution in [2.45, 2.75) is 32.9 Å². The Morgan fingerprint density at radius 3 is 2.52 bits per heavy atom. The number of ether oxygens (including phenoxy) is 1. The quantitative estimate of drug-likeness (QED) is 0.853. The Kier molecular flexibility index (Phi) is 5.59. The molecule has 0 aliphatic heterocycles. The first-order valence-corrected chi connectivity index (χ1v) is 7.88. The van der Waals surface area contributed by atoms with E-state index in [1.807, 2.05) is 23.6 Å². The summed E-state index contributed by atoms with van der Waals surface area (Å²) < 4.78 is 7.48. The Hall–Kier alpha value is -1.67. The van der Waals surface area contributed by atoms with Crippen molar-refractivity contribution in [1.82, 2.24) is 9.55 Å².